The molecule has 3 heteroatoms. The highest BCUT2D eigenvalue weighted by Crippen LogP contribution is 2.27. The third-order valence-corrected chi connectivity index (χ3v) is 2.00. The van der Waals surface area contributed by atoms with Crippen LogP contribution in [0.25, 0.3) is 0 Å². The second kappa shape index (κ2) is 3.47. The average molecular weight is 180 g/mol. The van der Waals surface area contributed by atoms with Crippen LogP contribution in [0.2, 0.25) is 0 Å². The van der Waals surface area contributed by atoms with Crippen molar-refractivity contribution in [3.05, 3.63) is 23.3 Å². The molecule has 0 aliphatic rings. The summed E-state index contributed by atoms with van der Waals surface area (Å²) in [6.07, 6.45) is 0.363. The van der Waals surface area contributed by atoms with Crippen molar-refractivity contribution >= 4 is 5.78 Å². The topological polar surface area (TPSA) is 57.5 Å². The van der Waals surface area contributed by atoms with Gasteiger partial charge in [-0.15, -0.1) is 0 Å². The van der Waals surface area contributed by atoms with Crippen LogP contribution in [0.4, 0.5) is 0 Å². The summed E-state index contributed by atoms with van der Waals surface area (Å²) in [5, 5.41) is 18.6. The largest absolute Gasteiger partial charge is 0.508 e. The van der Waals surface area contributed by atoms with Gasteiger partial charge in [-0.2, -0.15) is 0 Å². The molecule has 3 nitrogen and oxygen atoms in total. The van der Waals surface area contributed by atoms with Crippen molar-refractivity contribution in [1.29, 1.82) is 0 Å². The van der Waals surface area contributed by atoms with Gasteiger partial charge in [0.15, 0.2) is 5.78 Å². The Morgan fingerprint density at radius 3 is 2.15 bits per heavy atom. The van der Waals surface area contributed by atoms with Crippen molar-refractivity contribution in [2.45, 2.75) is 20.3 Å². The van der Waals surface area contributed by atoms with Crippen molar-refractivity contribution in [2.75, 3.05) is 0 Å². The Hall–Kier alpha value is -1.51. The van der Waals surface area contributed by atoms with Crippen molar-refractivity contribution in [3.63, 3.8) is 0 Å². The van der Waals surface area contributed by atoms with Crippen LogP contribution < -0.4 is 0 Å². The molecule has 0 unspecified atom stereocenters. The van der Waals surface area contributed by atoms with Gasteiger partial charge in [-0.25, -0.2) is 0 Å². The molecule has 0 spiro atoms. The van der Waals surface area contributed by atoms with E-state index < -0.39 is 0 Å². The zero-order valence-electron chi connectivity index (χ0n) is 7.66. The quantitative estimate of drug-likeness (QED) is 0.684. The molecule has 0 heterocycles. The first-order valence-electron chi connectivity index (χ1n) is 4.12. The van der Waals surface area contributed by atoms with Gasteiger partial charge in [0.05, 0.1) is 0 Å². The second-order valence-electron chi connectivity index (χ2n) is 2.92. The predicted molar refractivity (Wildman–Crippen MR) is 49.1 cm³/mol. The third kappa shape index (κ3) is 1.80. The molecule has 1 aromatic rings. The van der Waals surface area contributed by atoms with Gasteiger partial charge < -0.3 is 10.2 Å². The first kappa shape index (κ1) is 9.58. The van der Waals surface area contributed by atoms with Gasteiger partial charge in [0.2, 0.25) is 0 Å². The molecule has 0 amide bonds. The second-order valence-corrected chi connectivity index (χ2v) is 2.92. The lowest BCUT2D eigenvalue weighted by molar-refractivity contribution is 0.0987. The van der Waals surface area contributed by atoms with E-state index in [4.69, 9.17) is 0 Å². The number of phenols is 2. The number of benzene rings is 1. The molecule has 1 aromatic carbocycles. The Labute approximate surface area is 76.6 Å². The maximum Gasteiger partial charge on any atom is 0.162 e. The van der Waals surface area contributed by atoms with Crippen molar-refractivity contribution in [3.8, 4) is 11.5 Å². The lowest BCUT2D eigenvalue weighted by Crippen LogP contribution is -1.96. The number of aromatic hydroxyl groups is 2. The number of rotatable bonds is 2. The fraction of sp³-hybridized carbons (Fsp3) is 0.300. The molecule has 13 heavy (non-hydrogen) atoms. The van der Waals surface area contributed by atoms with Crippen LogP contribution in [0.5, 0.6) is 11.5 Å². The maximum atomic E-state index is 11.2. The van der Waals surface area contributed by atoms with Crippen LogP contribution in [-0.4, -0.2) is 16.0 Å². The van der Waals surface area contributed by atoms with Crippen molar-refractivity contribution in [1.82, 2.24) is 0 Å². The number of ketones is 1. The highest BCUT2D eigenvalue weighted by atomic mass is 16.3. The summed E-state index contributed by atoms with van der Waals surface area (Å²) in [5.74, 6) is -0.181. The Morgan fingerprint density at radius 2 is 1.77 bits per heavy atom. The summed E-state index contributed by atoms with van der Waals surface area (Å²) >= 11 is 0. The summed E-state index contributed by atoms with van der Waals surface area (Å²) in [7, 11) is 0. The standard InChI is InChI=1S/C10H12O3/c1-3-8(11)7-4-9(12)6(2)10(13)5-7/h4-5,12-13H,3H2,1-2H3. The Balaban J connectivity index is 3.20. The van der Waals surface area contributed by atoms with Crippen LogP contribution >= 0.6 is 0 Å². The van der Waals surface area contributed by atoms with E-state index in [1.54, 1.807) is 13.8 Å². The monoisotopic (exact) mass is 180 g/mol. The smallest absolute Gasteiger partial charge is 0.162 e. The lowest BCUT2D eigenvalue weighted by Gasteiger charge is -2.04. The van der Waals surface area contributed by atoms with E-state index in [9.17, 15) is 15.0 Å². The summed E-state index contributed by atoms with van der Waals surface area (Å²) in [4.78, 5) is 11.2. The van der Waals surface area contributed by atoms with Crippen LogP contribution in [0, 0.1) is 6.92 Å². The van der Waals surface area contributed by atoms with Crippen molar-refractivity contribution < 1.29 is 15.0 Å². The molecule has 2 N–H and O–H groups in total. The summed E-state index contributed by atoms with van der Waals surface area (Å²) in [6.45, 7) is 3.32. The van der Waals surface area contributed by atoms with Crippen molar-refractivity contribution in [2.24, 2.45) is 0 Å². The zero-order valence-corrected chi connectivity index (χ0v) is 7.66. The van der Waals surface area contributed by atoms with Gasteiger partial charge in [0.25, 0.3) is 0 Å². The SMILES string of the molecule is CCC(=O)c1cc(O)c(C)c(O)c1. The molecule has 1 rings (SSSR count). The average Bonchev–Trinajstić information content (AvgIpc) is 2.12. The first-order chi connectivity index (χ1) is 6.06. The molecule has 0 radical (unpaired) electrons. The highest BCUT2D eigenvalue weighted by Gasteiger charge is 2.09. The minimum Gasteiger partial charge on any atom is -0.508 e. The van der Waals surface area contributed by atoms with Gasteiger partial charge in [0.1, 0.15) is 11.5 Å². The van der Waals surface area contributed by atoms with Gasteiger partial charge in [-0.1, -0.05) is 6.92 Å². The van der Waals surface area contributed by atoms with Gasteiger partial charge in [0, 0.05) is 17.5 Å². The maximum absolute atomic E-state index is 11.2. The minimum absolute atomic E-state index is 0.0446. The van der Waals surface area contributed by atoms with Crippen LogP contribution in [-0.2, 0) is 0 Å². The molecule has 0 bridgehead atoms. The van der Waals surface area contributed by atoms with E-state index in [-0.39, 0.29) is 17.3 Å². The van der Waals surface area contributed by atoms with Crippen LogP contribution in [0.15, 0.2) is 12.1 Å². The van der Waals surface area contributed by atoms with Gasteiger partial charge >= 0.3 is 0 Å². The highest BCUT2D eigenvalue weighted by molar-refractivity contribution is 5.96. The molecular formula is C10H12O3. The predicted octanol–water partition coefficient (Wildman–Crippen LogP) is 2.00. The van der Waals surface area contributed by atoms with Gasteiger partial charge in [-0.05, 0) is 19.1 Å². The Morgan fingerprint density at radius 1 is 1.31 bits per heavy atom. The Kier molecular flexibility index (Phi) is 2.56. The molecular weight excluding hydrogens is 168 g/mol. The normalized spacial score (nSPS) is 10.0. The van der Waals surface area contributed by atoms with Gasteiger partial charge in [-0.3, -0.25) is 4.79 Å². The fourth-order valence-electron chi connectivity index (χ4n) is 1.05. The molecule has 0 aliphatic heterocycles. The number of hydrogen-bond donors (Lipinski definition) is 2. The van der Waals surface area contributed by atoms with E-state index in [2.05, 4.69) is 0 Å². The molecule has 0 saturated carbocycles. The lowest BCUT2D eigenvalue weighted by atomic mass is 10.1. The minimum atomic E-state index is -0.0920. The van der Waals surface area contributed by atoms with E-state index in [1.807, 2.05) is 0 Å². The Bertz CT molecular complexity index is 319. The van der Waals surface area contributed by atoms with E-state index in [0.29, 0.717) is 17.5 Å². The number of carbonyl (C=O) groups excluding carboxylic acids is 1. The molecule has 0 aliphatic carbocycles. The van der Waals surface area contributed by atoms with E-state index >= 15 is 0 Å². The van der Waals surface area contributed by atoms with E-state index in [1.165, 1.54) is 12.1 Å². The zero-order chi connectivity index (χ0) is 10.0. The third-order valence-electron chi connectivity index (χ3n) is 2.00. The molecule has 0 fully saturated rings. The summed E-state index contributed by atoms with van der Waals surface area (Å²) < 4.78 is 0. The number of phenolic OH excluding ortho intramolecular Hbond substituents is 2. The number of hydrogen-bond acceptors (Lipinski definition) is 3. The van der Waals surface area contributed by atoms with E-state index in [0.717, 1.165) is 0 Å². The first-order valence-corrected chi connectivity index (χ1v) is 4.12. The fourth-order valence-corrected chi connectivity index (χ4v) is 1.05. The number of Topliss-reactive ketones (excluding diaryl/α,β-unsaturated/α-hetero) is 1. The summed E-state index contributed by atoms with van der Waals surface area (Å²) in [6, 6.07) is 2.75. The molecule has 0 atom stereocenters. The summed E-state index contributed by atoms with van der Waals surface area (Å²) in [5.41, 5.74) is 0.746. The molecule has 0 saturated heterocycles. The number of carbonyl (C=O) groups is 1. The van der Waals surface area contributed by atoms with Crippen LogP contribution in [0.3, 0.4) is 0 Å². The molecule has 70 valence electrons. The van der Waals surface area contributed by atoms with Crippen LogP contribution in [0.1, 0.15) is 29.3 Å². The molecule has 0 aromatic heterocycles.